The molecule has 0 aliphatic carbocycles. The van der Waals surface area contributed by atoms with E-state index in [0.29, 0.717) is 12.3 Å². The molecule has 3 aliphatic rings. The van der Waals surface area contributed by atoms with Crippen LogP contribution in [0.4, 0.5) is 5.69 Å². The molecule has 4 rings (SSSR count). The standard InChI is InChI=1S/C23H33NO7/c1-6-7-8-13-26-15-11-9-14(10-12-15)24-20(25)18-16-17(29-22(2,3)28-16)19-21(27-18)31-23(4,5)30-19/h9-12,16-19,21H,6-8,13H2,1-5H3,(H,24,25). The van der Waals surface area contributed by atoms with E-state index in [4.69, 9.17) is 28.4 Å². The number of hydrogen-bond donors (Lipinski definition) is 1. The van der Waals surface area contributed by atoms with E-state index >= 15 is 0 Å². The number of nitrogens with one attached hydrogen (secondary N) is 1. The van der Waals surface area contributed by atoms with E-state index in [-0.39, 0.29) is 5.91 Å². The summed E-state index contributed by atoms with van der Waals surface area (Å²) in [5, 5.41) is 2.90. The van der Waals surface area contributed by atoms with Crippen molar-refractivity contribution in [1.29, 1.82) is 0 Å². The Balaban J connectivity index is 1.42. The molecule has 31 heavy (non-hydrogen) atoms. The average molecular weight is 436 g/mol. The lowest BCUT2D eigenvalue weighted by Crippen LogP contribution is -2.58. The lowest BCUT2D eigenvalue weighted by atomic mass is 9.98. The zero-order valence-electron chi connectivity index (χ0n) is 18.9. The van der Waals surface area contributed by atoms with E-state index < -0.39 is 42.3 Å². The van der Waals surface area contributed by atoms with Crippen LogP contribution in [-0.2, 0) is 28.5 Å². The molecule has 1 aromatic carbocycles. The Labute approximate surface area is 183 Å². The summed E-state index contributed by atoms with van der Waals surface area (Å²) in [7, 11) is 0. The number of carbonyl (C=O) groups is 1. The van der Waals surface area contributed by atoms with Gasteiger partial charge in [-0.25, -0.2) is 0 Å². The highest BCUT2D eigenvalue weighted by molar-refractivity contribution is 5.94. The van der Waals surface area contributed by atoms with Gasteiger partial charge in [-0.15, -0.1) is 0 Å². The third-order valence-electron chi connectivity index (χ3n) is 5.55. The molecule has 5 atom stereocenters. The van der Waals surface area contributed by atoms with Crippen LogP contribution in [0.2, 0.25) is 0 Å². The van der Waals surface area contributed by atoms with E-state index in [1.165, 1.54) is 0 Å². The van der Waals surface area contributed by atoms with Crippen LogP contribution >= 0.6 is 0 Å². The van der Waals surface area contributed by atoms with Gasteiger partial charge in [-0.05, 0) is 58.4 Å². The highest BCUT2D eigenvalue weighted by Crippen LogP contribution is 2.44. The minimum atomic E-state index is -0.893. The second-order valence-electron chi connectivity index (χ2n) is 9.16. The lowest BCUT2D eigenvalue weighted by molar-refractivity contribution is -0.229. The van der Waals surface area contributed by atoms with E-state index in [1.807, 2.05) is 52.0 Å². The molecule has 1 N–H and O–H groups in total. The summed E-state index contributed by atoms with van der Waals surface area (Å²) in [4.78, 5) is 13.1. The van der Waals surface area contributed by atoms with Crippen molar-refractivity contribution in [3.05, 3.63) is 24.3 Å². The van der Waals surface area contributed by atoms with Crippen molar-refractivity contribution >= 4 is 11.6 Å². The van der Waals surface area contributed by atoms with Crippen LogP contribution in [-0.4, -0.2) is 54.8 Å². The molecule has 0 spiro atoms. The van der Waals surface area contributed by atoms with Crippen LogP contribution in [0.3, 0.4) is 0 Å². The van der Waals surface area contributed by atoms with Crippen LogP contribution in [0.1, 0.15) is 53.9 Å². The molecular formula is C23H33NO7. The van der Waals surface area contributed by atoms with Gasteiger partial charge in [-0.1, -0.05) is 19.8 Å². The van der Waals surface area contributed by atoms with Crippen molar-refractivity contribution in [1.82, 2.24) is 0 Å². The Hall–Kier alpha value is -1.71. The Kier molecular flexibility index (Phi) is 6.29. The maximum absolute atomic E-state index is 13.1. The third kappa shape index (κ3) is 5.04. The highest BCUT2D eigenvalue weighted by atomic mass is 16.9. The molecule has 8 heteroatoms. The number of hydrogen-bond acceptors (Lipinski definition) is 7. The fraction of sp³-hybridized carbons (Fsp3) is 0.696. The quantitative estimate of drug-likeness (QED) is 0.655. The van der Waals surface area contributed by atoms with Gasteiger partial charge in [-0.2, -0.15) is 0 Å². The minimum Gasteiger partial charge on any atom is -0.494 e. The molecule has 0 aromatic heterocycles. The fourth-order valence-corrected chi connectivity index (χ4v) is 4.21. The van der Waals surface area contributed by atoms with Gasteiger partial charge in [0.05, 0.1) is 6.61 Å². The molecule has 0 radical (unpaired) electrons. The van der Waals surface area contributed by atoms with E-state index in [1.54, 1.807) is 0 Å². The SMILES string of the molecule is CCCCCOc1ccc(NC(=O)C2OC3OC(C)(C)OC3C3OC(C)(C)OC23)cc1. The monoisotopic (exact) mass is 435 g/mol. The first-order valence-corrected chi connectivity index (χ1v) is 11.1. The highest BCUT2D eigenvalue weighted by Gasteiger charge is 2.62. The van der Waals surface area contributed by atoms with Gasteiger partial charge in [0.25, 0.3) is 5.91 Å². The molecule has 5 unspecified atom stereocenters. The van der Waals surface area contributed by atoms with Gasteiger partial charge in [0.15, 0.2) is 24.0 Å². The summed E-state index contributed by atoms with van der Waals surface area (Å²) < 4.78 is 35.6. The van der Waals surface area contributed by atoms with Crippen LogP contribution in [0.5, 0.6) is 5.75 Å². The first-order valence-electron chi connectivity index (χ1n) is 11.1. The minimum absolute atomic E-state index is 0.320. The Morgan fingerprint density at radius 2 is 1.58 bits per heavy atom. The number of amides is 1. The summed E-state index contributed by atoms with van der Waals surface area (Å²) in [5.41, 5.74) is 0.648. The molecule has 3 saturated heterocycles. The van der Waals surface area contributed by atoms with Crippen molar-refractivity contribution in [2.45, 2.75) is 96.2 Å². The van der Waals surface area contributed by atoms with Crippen molar-refractivity contribution in [3.8, 4) is 5.75 Å². The fourth-order valence-electron chi connectivity index (χ4n) is 4.21. The van der Waals surface area contributed by atoms with Gasteiger partial charge in [0.2, 0.25) is 0 Å². The van der Waals surface area contributed by atoms with Crippen molar-refractivity contribution in [2.24, 2.45) is 0 Å². The molecule has 0 bridgehead atoms. The Morgan fingerprint density at radius 1 is 0.935 bits per heavy atom. The van der Waals surface area contributed by atoms with E-state index in [2.05, 4.69) is 12.2 Å². The van der Waals surface area contributed by atoms with E-state index in [9.17, 15) is 4.79 Å². The number of ether oxygens (including phenoxy) is 6. The number of anilines is 1. The van der Waals surface area contributed by atoms with Crippen molar-refractivity contribution in [2.75, 3.05) is 11.9 Å². The summed E-state index contributed by atoms with van der Waals surface area (Å²) >= 11 is 0. The molecule has 1 amide bonds. The first kappa shape index (κ1) is 22.5. The predicted molar refractivity (Wildman–Crippen MR) is 113 cm³/mol. The van der Waals surface area contributed by atoms with E-state index in [0.717, 1.165) is 25.0 Å². The van der Waals surface area contributed by atoms with Crippen LogP contribution in [0, 0.1) is 0 Å². The number of fused-ring (bicyclic) bond motifs is 3. The Morgan fingerprint density at radius 3 is 2.29 bits per heavy atom. The molecule has 1 aromatic rings. The lowest BCUT2D eigenvalue weighted by Gasteiger charge is -2.36. The Bertz CT molecular complexity index is 779. The zero-order valence-corrected chi connectivity index (χ0v) is 18.9. The summed E-state index contributed by atoms with van der Waals surface area (Å²) in [6, 6.07) is 7.31. The molecule has 8 nitrogen and oxygen atoms in total. The van der Waals surface area contributed by atoms with Gasteiger partial charge in [0.1, 0.15) is 24.1 Å². The molecule has 3 fully saturated rings. The number of carbonyl (C=O) groups excluding carboxylic acids is 1. The predicted octanol–water partition coefficient (Wildman–Crippen LogP) is 3.59. The van der Waals surface area contributed by atoms with Crippen LogP contribution in [0.25, 0.3) is 0 Å². The summed E-state index contributed by atoms with van der Waals surface area (Å²) in [6.07, 6.45) is 0.198. The molecule has 3 heterocycles. The zero-order chi connectivity index (χ0) is 22.2. The summed E-state index contributed by atoms with van der Waals surface area (Å²) in [5.74, 6) is -1.22. The summed E-state index contributed by atoms with van der Waals surface area (Å²) in [6.45, 7) is 10.1. The smallest absolute Gasteiger partial charge is 0.256 e. The second-order valence-corrected chi connectivity index (χ2v) is 9.16. The largest absolute Gasteiger partial charge is 0.494 e. The van der Waals surface area contributed by atoms with Gasteiger partial charge < -0.3 is 33.7 Å². The van der Waals surface area contributed by atoms with Crippen molar-refractivity contribution < 1.29 is 33.2 Å². The molecule has 172 valence electrons. The van der Waals surface area contributed by atoms with Crippen LogP contribution in [0.15, 0.2) is 24.3 Å². The second kappa shape index (κ2) is 8.67. The topological polar surface area (TPSA) is 84.5 Å². The maximum Gasteiger partial charge on any atom is 0.256 e. The first-order chi connectivity index (χ1) is 14.7. The van der Waals surface area contributed by atoms with Crippen molar-refractivity contribution in [3.63, 3.8) is 0 Å². The van der Waals surface area contributed by atoms with Gasteiger partial charge in [0, 0.05) is 5.69 Å². The number of benzene rings is 1. The maximum atomic E-state index is 13.1. The van der Waals surface area contributed by atoms with Gasteiger partial charge >= 0.3 is 0 Å². The molecular weight excluding hydrogens is 402 g/mol. The van der Waals surface area contributed by atoms with Crippen LogP contribution < -0.4 is 10.1 Å². The molecule has 0 saturated carbocycles. The number of rotatable bonds is 7. The normalized spacial score (nSPS) is 32.9. The average Bonchev–Trinajstić information content (AvgIpc) is 3.19. The van der Waals surface area contributed by atoms with Gasteiger partial charge in [-0.3, -0.25) is 4.79 Å². The molecule has 3 aliphatic heterocycles. The number of unbranched alkanes of at least 4 members (excludes halogenated alkanes) is 2. The third-order valence-corrected chi connectivity index (χ3v) is 5.55.